The maximum absolute atomic E-state index is 12.9. The smallest absolute Gasteiger partial charge is 0.238 e. The molecule has 22 heavy (non-hydrogen) atoms. The zero-order valence-corrected chi connectivity index (χ0v) is 13.5. The van der Waals surface area contributed by atoms with E-state index in [-0.39, 0.29) is 11.8 Å². The summed E-state index contributed by atoms with van der Waals surface area (Å²) in [4.78, 5) is 12.2. The van der Waals surface area contributed by atoms with Gasteiger partial charge in [0.05, 0.1) is 5.75 Å². The lowest BCUT2D eigenvalue weighted by molar-refractivity contribution is -0.121. The van der Waals surface area contributed by atoms with Crippen molar-refractivity contribution in [2.75, 3.05) is 0 Å². The predicted octanol–water partition coefficient (Wildman–Crippen LogP) is 2.58. The first-order chi connectivity index (χ1) is 10.4. The summed E-state index contributed by atoms with van der Waals surface area (Å²) in [5.74, 6) is -1.11. The number of carbonyl (C=O) groups excluding carboxylic acids is 1. The van der Waals surface area contributed by atoms with E-state index in [4.69, 9.17) is 0 Å². The molecule has 1 aromatic rings. The predicted molar refractivity (Wildman–Crippen MR) is 83.5 cm³/mol. The minimum absolute atomic E-state index is 0.0877. The van der Waals surface area contributed by atoms with Crippen LogP contribution in [0.15, 0.2) is 24.3 Å². The molecule has 0 saturated heterocycles. The van der Waals surface area contributed by atoms with Crippen LogP contribution in [0.4, 0.5) is 4.39 Å². The number of nitrogens with one attached hydrogen (secondary N) is 1. The van der Waals surface area contributed by atoms with Crippen LogP contribution in [0.25, 0.3) is 0 Å². The molecule has 122 valence electrons. The molecule has 4 nitrogen and oxygen atoms in total. The van der Waals surface area contributed by atoms with Crippen LogP contribution in [0.3, 0.4) is 0 Å². The van der Waals surface area contributed by atoms with Crippen molar-refractivity contribution >= 4 is 15.7 Å². The number of carbonyl (C=O) groups is 1. The van der Waals surface area contributed by atoms with E-state index in [0.29, 0.717) is 5.56 Å². The molecule has 6 heteroatoms. The second-order valence-electron chi connectivity index (χ2n) is 5.92. The van der Waals surface area contributed by atoms with E-state index in [1.807, 2.05) is 0 Å². The molecular weight excluding hydrogens is 305 g/mol. The van der Waals surface area contributed by atoms with Gasteiger partial charge >= 0.3 is 0 Å². The second-order valence-corrected chi connectivity index (χ2v) is 8.24. The largest absolute Gasteiger partial charge is 0.352 e. The summed E-state index contributed by atoms with van der Waals surface area (Å²) < 4.78 is 37.5. The number of amides is 1. The summed E-state index contributed by atoms with van der Waals surface area (Å²) in [7, 11) is -3.61. The standard InChI is InChI=1S/C16H22FNO3S/c1-12(16(19)18-15-5-3-2-4-6-15)22(20,21)11-13-7-9-14(17)10-8-13/h7-10,12,15H,2-6,11H2,1H3,(H,18,19)/t12-/m0/s1. The molecule has 1 amide bonds. The molecule has 1 N–H and O–H groups in total. The van der Waals surface area contributed by atoms with Crippen molar-refractivity contribution < 1.29 is 17.6 Å². The molecule has 0 aromatic heterocycles. The summed E-state index contributed by atoms with van der Waals surface area (Å²) in [5.41, 5.74) is 0.485. The molecule has 1 atom stereocenters. The lowest BCUT2D eigenvalue weighted by atomic mass is 9.95. The highest BCUT2D eigenvalue weighted by Crippen LogP contribution is 2.18. The van der Waals surface area contributed by atoms with Gasteiger partial charge < -0.3 is 5.32 Å². The van der Waals surface area contributed by atoms with Gasteiger partial charge in [-0.05, 0) is 37.5 Å². The first-order valence-corrected chi connectivity index (χ1v) is 9.36. The van der Waals surface area contributed by atoms with Crippen molar-refractivity contribution in [1.82, 2.24) is 5.32 Å². The number of hydrogen-bond donors (Lipinski definition) is 1. The van der Waals surface area contributed by atoms with Gasteiger partial charge in [0.2, 0.25) is 5.91 Å². The van der Waals surface area contributed by atoms with Crippen molar-refractivity contribution in [3.8, 4) is 0 Å². The third kappa shape index (κ3) is 4.53. The fraction of sp³-hybridized carbons (Fsp3) is 0.562. The highest BCUT2D eigenvalue weighted by Gasteiger charge is 2.29. The van der Waals surface area contributed by atoms with Crippen LogP contribution in [-0.2, 0) is 20.4 Å². The third-order valence-corrected chi connectivity index (χ3v) is 6.17. The van der Waals surface area contributed by atoms with Crippen LogP contribution in [0.2, 0.25) is 0 Å². The van der Waals surface area contributed by atoms with Gasteiger partial charge in [0, 0.05) is 6.04 Å². The quantitative estimate of drug-likeness (QED) is 0.904. The molecular formula is C16H22FNO3S. The topological polar surface area (TPSA) is 63.2 Å². The molecule has 0 bridgehead atoms. The normalized spacial score (nSPS) is 17.9. The molecule has 1 fully saturated rings. The maximum atomic E-state index is 12.9. The summed E-state index contributed by atoms with van der Waals surface area (Å²) in [6.07, 6.45) is 5.14. The number of hydrogen-bond acceptors (Lipinski definition) is 3. The Morgan fingerprint density at radius 1 is 1.23 bits per heavy atom. The lowest BCUT2D eigenvalue weighted by Gasteiger charge is -2.24. The monoisotopic (exact) mass is 327 g/mol. The van der Waals surface area contributed by atoms with Gasteiger partial charge in [0.25, 0.3) is 0 Å². The Hall–Kier alpha value is -1.43. The van der Waals surface area contributed by atoms with Crippen LogP contribution in [0.5, 0.6) is 0 Å². The number of sulfone groups is 1. The van der Waals surface area contributed by atoms with Gasteiger partial charge in [-0.2, -0.15) is 0 Å². The fourth-order valence-corrected chi connectivity index (χ4v) is 3.97. The first kappa shape index (κ1) is 16.9. The molecule has 2 rings (SSSR count). The van der Waals surface area contributed by atoms with Crippen molar-refractivity contribution in [2.24, 2.45) is 0 Å². The van der Waals surface area contributed by atoms with E-state index < -0.39 is 26.8 Å². The summed E-state index contributed by atoms with van der Waals surface area (Å²) in [6, 6.07) is 5.39. The van der Waals surface area contributed by atoms with Crippen molar-refractivity contribution in [3.05, 3.63) is 35.6 Å². The van der Waals surface area contributed by atoms with Crippen LogP contribution < -0.4 is 5.32 Å². The molecule has 0 heterocycles. The van der Waals surface area contributed by atoms with Crippen LogP contribution in [-0.4, -0.2) is 25.6 Å². The Morgan fingerprint density at radius 2 is 1.82 bits per heavy atom. The highest BCUT2D eigenvalue weighted by molar-refractivity contribution is 7.92. The van der Waals surface area contributed by atoms with Crippen molar-refractivity contribution in [3.63, 3.8) is 0 Å². The molecule has 1 aliphatic carbocycles. The molecule has 0 radical (unpaired) electrons. The van der Waals surface area contributed by atoms with Gasteiger partial charge in [0.1, 0.15) is 11.1 Å². The van der Waals surface area contributed by atoms with Crippen LogP contribution in [0, 0.1) is 5.82 Å². The van der Waals surface area contributed by atoms with Crippen LogP contribution >= 0.6 is 0 Å². The Bertz CT molecular complexity index is 607. The minimum Gasteiger partial charge on any atom is -0.352 e. The van der Waals surface area contributed by atoms with Gasteiger partial charge in [-0.3, -0.25) is 4.79 Å². The first-order valence-electron chi connectivity index (χ1n) is 7.65. The van der Waals surface area contributed by atoms with Crippen molar-refractivity contribution in [2.45, 2.75) is 56.1 Å². The SMILES string of the molecule is C[C@@H](C(=O)NC1CCCCC1)S(=O)(=O)Cc1ccc(F)cc1. The Balaban J connectivity index is 1.97. The van der Waals surface area contributed by atoms with Gasteiger partial charge in [-0.15, -0.1) is 0 Å². The van der Waals surface area contributed by atoms with Gasteiger partial charge in [-0.1, -0.05) is 31.4 Å². The fourth-order valence-electron chi connectivity index (χ4n) is 2.67. The zero-order valence-electron chi connectivity index (χ0n) is 12.7. The van der Waals surface area contributed by atoms with E-state index in [0.717, 1.165) is 25.7 Å². The maximum Gasteiger partial charge on any atom is 0.238 e. The summed E-state index contributed by atoms with van der Waals surface area (Å²) in [6.45, 7) is 1.41. The highest BCUT2D eigenvalue weighted by atomic mass is 32.2. The van der Waals surface area contributed by atoms with E-state index >= 15 is 0 Å². The summed E-state index contributed by atoms with van der Waals surface area (Å²) >= 11 is 0. The van der Waals surface area contributed by atoms with Gasteiger partial charge in [-0.25, -0.2) is 12.8 Å². The molecule has 0 unspecified atom stereocenters. The number of benzene rings is 1. The van der Waals surface area contributed by atoms with E-state index in [2.05, 4.69) is 5.32 Å². The number of halogens is 1. The molecule has 1 saturated carbocycles. The second kappa shape index (κ2) is 7.22. The van der Waals surface area contributed by atoms with Crippen LogP contribution in [0.1, 0.15) is 44.6 Å². The minimum atomic E-state index is -3.61. The van der Waals surface area contributed by atoms with Gasteiger partial charge in [0.15, 0.2) is 9.84 Å². The third-order valence-electron chi connectivity index (χ3n) is 4.14. The molecule has 1 aliphatic rings. The lowest BCUT2D eigenvalue weighted by Crippen LogP contribution is -2.44. The Labute approximate surface area is 131 Å². The summed E-state index contributed by atoms with van der Waals surface area (Å²) in [5, 5.41) is 1.74. The van der Waals surface area contributed by atoms with E-state index in [1.165, 1.54) is 37.6 Å². The Kier molecular flexibility index (Phi) is 5.56. The average molecular weight is 327 g/mol. The average Bonchev–Trinajstić information content (AvgIpc) is 2.49. The van der Waals surface area contributed by atoms with Crippen molar-refractivity contribution in [1.29, 1.82) is 0 Å². The van der Waals surface area contributed by atoms with E-state index in [1.54, 1.807) is 0 Å². The zero-order chi connectivity index (χ0) is 16.2. The number of rotatable bonds is 5. The Morgan fingerprint density at radius 3 is 2.41 bits per heavy atom. The molecule has 1 aromatic carbocycles. The molecule has 0 spiro atoms. The van der Waals surface area contributed by atoms with E-state index in [9.17, 15) is 17.6 Å². The molecule has 0 aliphatic heterocycles.